The molecule has 2 amide bonds. The van der Waals surface area contributed by atoms with E-state index in [2.05, 4.69) is 20.5 Å². The number of rotatable bonds is 9. The van der Waals surface area contributed by atoms with Crippen molar-refractivity contribution in [1.82, 2.24) is 9.13 Å². The monoisotopic (exact) mass is 516 g/mol. The first kappa shape index (κ1) is 26.7. The summed E-state index contributed by atoms with van der Waals surface area (Å²) in [5.41, 5.74) is 2.16. The van der Waals surface area contributed by atoms with Crippen LogP contribution < -0.4 is 0 Å². The second-order valence-electron chi connectivity index (χ2n) is 9.70. The molecule has 0 fully saturated rings. The smallest absolute Gasteiger partial charge is 0.264 e. The Kier molecular flexibility index (Phi) is 7.99. The fourth-order valence-corrected chi connectivity index (χ4v) is 4.57. The van der Waals surface area contributed by atoms with Crippen LogP contribution in [-0.4, -0.2) is 31.2 Å². The van der Waals surface area contributed by atoms with Crippen LogP contribution in [0.3, 0.4) is 0 Å². The number of carbonyl (C=O) groups is 2. The van der Waals surface area contributed by atoms with Gasteiger partial charge in [-0.3, -0.25) is 9.59 Å². The minimum absolute atomic E-state index is 0.00653. The van der Waals surface area contributed by atoms with Gasteiger partial charge in [-0.05, 0) is 52.7 Å². The number of benzene rings is 2. The summed E-state index contributed by atoms with van der Waals surface area (Å²) in [6, 6.07) is 14.9. The summed E-state index contributed by atoms with van der Waals surface area (Å²) < 4.78 is 3.49. The van der Waals surface area contributed by atoms with Gasteiger partial charge in [0.2, 0.25) is 11.8 Å². The van der Waals surface area contributed by atoms with Gasteiger partial charge in [0.25, 0.3) is 11.8 Å². The summed E-state index contributed by atoms with van der Waals surface area (Å²) >= 11 is 0. The van der Waals surface area contributed by atoms with Crippen LogP contribution in [0.15, 0.2) is 69.0 Å². The number of amides is 2. The lowest BCUT2D eigenvalue weighted by atomic mass is 10.2. The van der Waals surface area contributed by atoms with Gasteiger partial charge < -0.3 is 19.3 Å². The average Bonchev–Trinajstić information content (AvgIpc) is 3.33. The van der Waals surface area contributed by atoms with Crippen LogP contribution in [0.5, 0.6) is 11.8 Å². The van der Waals surface area contributed by atoms with E-state index in [0.29, 0.717) is 23.6 Å². The molecular weight excluding hydrogens is 484 g/mol. The summed E-state index contributed by atoms with van der Waals surface area (Å²) in [5, 5.41) is 38.3. The number of azo groups is 2. The molecule has 0 aliphatic heterocycles. The molecule has 0 unspecified atom stereocenters. The van der Waals surface area contributed by atoms with Crippen LogP contribution in [-0.2, 0) is 9.59 Å². The minimum atomic E-state index is -0.439. The number of carbonyl (C=O) groups excluding carboxylic acids is 2. The van der Waals surface area contributed by atoms with Crippen molar-refractivity contribution in [3.05, 3.63) is 48.5 Å². The molecule has 0 saturated heterocycles. The van der Waals surface area contributed by atoms with E-state index in [9.17, 15) is 19.8 Å². The Balaban J connectivity index is 1.33. The Labute approximate surface area is 220 Å². The molecule has 2 heterocycles. The molecule has 0 spiro atoms. The third-order valence-electron chi connectivity index (χ3n) is 6.30. The molecular formula is C28H32N6O4. The number of aromatic nitrogens is 2. The largest absolute Gasteiger partial charge is 0.493 e. The van der Waals surface area contributed by atoms with Gasteiger partial charge in [0, 0.05) is 35.7 Å². The highest BCUT2D eigenvalue weighted by Crippen LogP contribution is 2.41. The van der Waals surface area contributed by atoms with Gasteiger partial charge in [0.1, 0.15) is 0 Å². The first-order valence-corrected chi connectivity index (χ1v) is 12.7. The van der Waals surface area contributed by atoms with E-state index in [4.69, 9.17) is 0 Å². The van der Waals surface area contributed by atoms with Gasteiger partial charge in [0.15, 0.2) is 11.4 Å². The number of fused-ring (bicyclic) bond motifs is 2. The molecule has 0 aliphatic carbocycles. The van der Waals surface area contributed by atoms with Gasteiger partial charge in [-0.15, -0.1) is 20.5 Å². The standard InChI is InChI=1S/C28H32N6O4/c1-17(2)33-21-13-7-5-11-19(21)25(27(33)37)31-29-23(35)15-9-10-16-24(36)30-32-26-20-12-6-8-14-22(20)34(18(3)4)28(26)38/h5-8,11-14,17-18,37-38H,9-10,15-16H2,1-4H3. The van der Waals surface area contributed by atoms with Crippen LogP contribution in [0.4, 0.5) is 11.4 Å². The van der Waals surface area contributed by atoms with E-state index in [-0.39, 0.29) is 48.1 Å². The number of para-hydroxylation sites is 2. The zero-order valence-electron chi connectivity index (χ0n) is 22.0. The first-order chi connectivity index (χ1) is 18.2. The van der Waals surface area contributed by atoms with E-state index in [1.807, 2.05) is 76.2 Å². The van der Waals surface area contributed by atoms with Crippen molar-refractivity contribution < 1.29 is 19.8 Å². The lowest BCUT2D eigenvalue weighted by Gasteiger charge is -2.10. The van der Waals surface area contributed by atoms with Gasteiger partial charge in [0.05, 0.1) is 11.0 Å². The molecule has 0 saturated carbocycles. The molecule has 38 heavy (non-hydrogen) atoms. The van der Waals surface area contributed by atoms with Crippen molar-refractivity contribution >= 4 is 45.0 Å². The zero-order chi connectivity index (χ0) is 27.4. The predicted molar refractivity (Wildman–Crippen MR) is 145 cm³/mol. The van der Waals surface area contributed by atoms with Crippen LogP contribution >= 0.6 is 0 Å². The quantitative estimate of drug-likeness (QED) is 0.174. The van der Waals surface area contributed by atoms with Crippen LogP contribution in [0, 0.1) is 0 Å². The highest BCUT2D eigenvalue weighted by atomic mass is 16.3. The third-order valence-corrected chi connectivity index (χ3v) is 6.30. The topological polar surface area (TPSA) is 134 Å². The van der Waals surface area contributed by atoms with Gasteiger partial charge in [-0.1, -0.05) is 36.4 Å². The molecule has 198 valence electrons. The normalized spacial score (nSPS) is 12.3. The van der Waals surface area contributed by atoms with Crippen molar-refractivity contribution in [2.75, 3.05) is 0 Å². The number of nitrogens with zero attached hydrogens (tertiary/aromatic N) is 6. The Morgan fingerprint density at radius 1 is 0.684 bits per heavy atom. The maximum absolute atomic E-state index is 12.3. The molecule has 0 bridgehead atoms. The Morgan fingerprint density at radius 2 is 1.05 bits per heavy atom. The van der Waals surface area contributed by atoms with Crippen LogP contribution in [0.2, 0.25) is 0 Å². The van der Waals surface area contributed by atoms with Gasteiger partial charge in [-0.2, -0.15) is 0 Å². The molecule has 0 atom stereocenters. The fourth-order valence-electron chi connectivity index (χ4n) is 4.57. The Morgan fingerprint density at radius 3 is 1.42 bits per heavy atom. The summed E-state index contributed by atoms with van der Waals surface area (Å²) in [6.45, 7) is 7.80. The van der Waals surface area contributed by atoms with E-state index >= 15 is 0 Å². The lowest BCUT2D eigenvalue weighted by Crippen LogP contribution is -1.98. The van der Waals surface area contributed by atoms with Crippen LogP contribution in [0.25, 0.3) is 21.8 Å². The molecule has 0 radical (unpaired) electrons. The van der Waals surface area contributed by atoms with Gasteiger partial charge in [-0.25, -0.2) is 0 Å². The maximum atomic E-state index is 12.3. The van der Waals surface area contributed by atoms with E-state index < -0.39 is 11.8 Å². The number of hydrogen-bond acceptors (Lipinski definition) is 6. The van der Waals surface area contributed by atoms with Gasteiger partial charge >= 0.3 is 0 Å². The number of aromatic hydroxyl groups is 2. The molecule has 10 heteroatoms. The minimum Gasteiger partial charge on any atom is -0.493 e. The van der Waals surface area contributed by atoms with Crippen molar-refractivity contribution in [1.29, 1.82) is 0 Å². The number of hydrogen-bond donors (Lipinski definition) is 2. The summed E-state index contributed by atoms with van der Waals surface area (Å²) in [7, 11) is 0. The lowest BCUT2D eigenvalue weighted by molar-refractivity contribution is -0.120. The summed E-state index contributed by atoms with van der Waals surface area (Å²) in [5.74, 6) is -0.940. The summed E-state index contributed by atoms with van der Waals surface area (Å²) in [6.07, 6.45) is 1.08. The average molecular weight is 517 g/mol. The van der Waals surface area contributed by atoms with E-state index in [1.165, 1.54) is 0 Å². The first-order valence-electron chi connectivity index (χ1n) is 12.7. The SMILES string of the molecule is CC(C)n1c(O)c(N=NC(=O)CCCCC(=O)N=Nc2c(O)n(C(C)C)c3ccccc23)c2ccccc21. The predicted octanol–water partition coefficient (Wildman–Crippen LogP) is 7.65. The molecule has 2 aromatic heterocycles. The van der Waals surface area contributed by atoms with Crippen molar-refractivity contribution in [3.8, 4) is 11.8 Å². The zero-order valence-corrected chi connectivity index (χ0v) is 22.0. The molecule has 2 aromatic carbocycles. The molecule has 2 N–H and O–H groups in total. The van der Waals surface area contributed by atoms with Crippen molar-refractivity contribution in [2.24, 2.45) is 20.5 Å². The highest BCUT2D eigenvalue weighted by Gasteiger charge is 2.19. The Bertz CT molecular complexity index is 1430. The second kappa shape index (κ2) is 11.4. The van der Waals surface area contributed by atoms with Crippen LogP contribution in [0.1, 0.15) is 65.5 Å². The van der Waals surface area contributed by atoms with Crippen molar-refractivity contribution in [3.63, 3.8) is 0 Å². The summed E-state index contributed by atoms with van der Waals surface area (Å²) in [4.78, 5) is 24.5. The molecule has 0 aliphatic rings. The van der Waals surface area contributed by atoms with E-state index in [1.54, 1.807) is 9.13 Å². The molecule has 10 nitrogen and oxygen atoms in total. The second-order valence-corrected chi connectivity index (χ2v) is 9.70. The van der Waals surface area contributed by atoms with E-state index in [0.717, 1.165) is 11.0 Å². The molecule has 4 aromatic rings. The van der Waals surface area contributed by atoms with Crippen molar-refractivity contribution in [2.45, 2.75) is 65.5 Å². The maximum Gasteiger partial charge on any atom is 0.264 e. The molecule has 4 rings (SSSR count). The number of unbranched alkanes of at least 4 members (excludes halogenated alkanes) is 1. The third kappa shape index (κ3) is 5.34. The highest BCUT2D eigenvalue weighted by molar-refractivity contribution is 5.96. The fraction of sp³-hybridized carbons (Fsp3) is 0.357. The Hall–Kier alpha value is -4.34.